The van der Waals surface area contributed by atoms with Crippen molar-refractivity contribution in [3.05, 3.63) is 23.8 Å². The van der Waals surface area contributed by atoms with Gasteiger partial charge in [-0.05, 0) is 48.4 Å². The Kier molecular flexibility index (Phi) is 2.64. The van der Waals surface area contributed by atoms with Gasteiger partial charge in [-0.25, -0.2) is 13.1 Å². The van der Waals surface area contributed by atoms with Gasteiger partial charge in [-0.3, -0.25) is 0 Å². The number of rotatable bonds is 4. The summed E-state index contributed by atoms with van der Waals surface area (Å²) in [5.41, 5.74) is 2.34. The maximum Gasteiger partial charge on any atom is 0.240 e. The minimum atomic E-state index is -3.35. The maximum atomic E-state index is 12.2. The van der Waals surface area contributed by atoms with E-state index >= 15 is 0 Å². The molecule has 0 aromatic heterocycles. The molecule has 18 heavy (non-hydrogen) atoms. The van der Waals surface area contributed by atoms with Gasteiger partial charge >= 0.3 is 0 Å². The number of benzene rings is 1. The number of hydrogen-bond acceptors (Lipinski definition) is 3. The summed E-state index contributed by atoms with van der Waals surface area (Å²) >= 11 is 0. The Morgan fingerprint density at radius 2 is 2.17 bits per heavy atom. The van der Waals surface area contributed by atoms with E-state index in [0.29, 0.717) is 11.4 Å². The van der Waals surface area contributed by atoms with E-state index in [1.54, 1.807) is 12.1 Å². The quantitative estimate of drug-likeness (QED) is 0.872. The Morgan fingerprint density at radius 1 is 1.39 bits per heavy atom. The van der Waals surface area contributed by atoms with Crippen LogP contribution in [0.2, 0.25) is 0 Å². The van der Waals surface area contributed by atoms with E-state index in [1.807, 2.05) is 6.07 Å². The van der Waals surface area contributed by atoms with Crippen LogP contribution in [0.25, 0.3) is 0 Å². The molecule has 0 saturated heterocycles. The molecule has 3 rings (SSSR count). The fourth-order valence-electron chi connectivity index (χ4n) is 2.19. The topological polar surface area (TPSA) is 58.2 Å². The van der Waals surface area contributed by atoms with Gasteiger partial charge in [0.15, 0.2) is 0 Å². The maximum absolute atomic E-state index is 12.2. The van der Waals surface area contributed by atoms with Crippen LogP contribution in [-0.2, 0) is 16.4 Å². The molecule has 0 atom stereocenters. The van der Waals surface area contributed by atoms with E-state index in [1.165, 1.54) is 0 Å². The summed E-state index contributed by atoms with van der Waals surface area (Å²) in [5, 5.41) is 3.23. The average molecular weight is 266 g/mol. The third kappa shape index (κ3) is 2.24. The molecule has 2 aliphatic rings. The second-order valence-electron chi connectivity index (χ2n) is 5.63. The summed E-state index contributed by atoms with van der Waals surface area (Å²) in [5.74, 6) is 0. The molecule has 0 spiro atoms. The number of anilines is 1. The van der Waals surface area contributed by atoms with Crippen LogP contribution in [0.3, 0.4) is 0 Å². The van der Waals surface area contributed by atoms with Crippen molar-refractivity contribution in [3.63, 3.8) is 0 Å². The first kappa shape index (κ1) is 12.0. The Balaban J connectivity index is 1.80. The first-order chi connectivity index (χ1) is 8.49. The second kappa shape index (κ2) is 3.96. The fourth-order valence-corrected chi connectivity index (χ4v) is 3.44. The molecule has 1 aromatic rings. The highest BCUT2D eigenvalue weighted by atomic mass is 32.2. The summed E-state index contributed by atoms with van der Waals surface area (Å²) in [6.45, 7) is 3.55. The molecule has 98 valence electrons. The summed E-state index contributed by atoms with van der Waals surface area (Å²) in [6.07, 6.45) is 3.13. The Morgan fingerprint density at radius 3 is 2.89 bits per heavy atom. The van der Waals surface area contributed by atoms with E-state index in [0.717, 1.165) is 37.1 Å². The van der Waals surface area contributed by atoms with Gasteiger partial charge in [-0.15, -0.1) is 0 Å². The molecule has 1 saturated carbocycles. The van der Waals surface area contributed by atoms with Crippen molar-refractivity contribution in [2.75, 3.05) is 18.4 Å². The van der Waals surface area contributed by atoms with E-state index in [2.05, 4.69) is 17.0 Å². The third-order valence-electron chi connectivity index (χ3n) is 3.89. The highest BCUT2D eigenvalue weighted by molar-refractivity contribution is 7.89. The molecule has 0 bridgehead atoms. The molecule has 0 unspecified atom stereocenters. The highest BCUT2D eigenvalue weighted by Crippen LogP contribution is 2.44. The molecule has 1 heterocycles. The lowest BCUT2D eigenvalue weighted by Crippen LogP contribution is -2.29. The molecule has 2 N–H and O–H groups in total. The third-order valence-corrected chi connectivity index (χ3v) is 5.29. The SMILES string of the molecule is CC1(CNS(=O)(=O)c2ccc3c(c2)CCN3)CC1. The molecule has 0 radical (unpaired) electrons. The predicted molar refractivity (Wildman–Crippen MR) is 71.2 cm³/mol. The van der Waals surface area contributed by atoms with Crippen molar-refractivity contribution in [2.24, 2.45) is 5.41 Å². The summed E-state index contributed by atoms with van der Waals surface area (Å²) in [7, 11) is -3.35. The van der Waals surface area contributed by atoms with Crippen LogP contribution < -0.4 is 10.0 Å². The molecule has 1 fully saturated rings. The number of nitrogens with one attached hydrogen (secondary N) is 2. The van der Waals surface area contributed by atoms with Crippen molar-refractivity contribution < 1.29 is 8.42 Å². The summed E-state index contributed by atoms with van der Waals surface area (Å²) < 4.78 is 27.1. The van der Waals surface area contributed by atoms with Crippen LogP contribution in [0.4, 0.5) is 5.69 Å². The molecule has 0 amide bonds. The van der Waals surface area contributed by atoms with Crippen LogP contribution >= 0.6 is 0 Å². The van der Waals surface area contributed by atoms with Crippen molar-refractivity contribution in [1.29, 1.82) is 0 Å². The average Bonchev–Trinajstić information content (AvgIpc) is 2.91. The minimum Gasteiger partial charge on any atom is -0.384 e. The molecule has 5 heteroatoms. The van der Waals surface area contributed by atoms with E-state index in [9.17, 15) is 8.42 Å². The lowest BCUT2D eigenvalue weighted by Gasteiger charge is -2.11. The predicted octanol–water partition coefficient (Wildman–Crippen LogP) is 1.73. The molecule has 4 nitrogen and oxygen atoms in total. The van der Waals surface area contributed by atoms with Crippen LogP contribution in [-0.4, -0.2) is 21.5 Å². The van der Waals surface area contributed by atoms with Crippen molar-refractivity contribution >= 4 is 15.7 Å². The van der Waals surface area contributed by atoms with Gasteiger partial charge in [-0.2, -0.15) is 0 Å². The highest BCUT2D eigenvalue weighted by Gasteiger charge is 2.38. The van der Waals surface area contributed by atoms with Crippen molar-refractivity contribution in [1.82, 2.24) is 4.72 Å². The second-order valence-corrected chi connectivity index (χ2v) is 7.40. The fraction of sp³-hybridized carbons (Fsp3) is 0.538. The van der Waals surface area contributed by atoms with Gasteiger partial charge in [0.2, 0.25) is 10.0 Å². The number of sulfonamides is 1. The normalized spacial score (nSPS) is 20.3. The number of fused-ring (bicyclic) bond motifs is 1. The largest absolute Gasteiger partial charge is 0.384 e. The molecule has 1 aromatic carbocycles. The Bertz CT molecular complexity index is 577. The zero-order valence-corrected chi connectivity index (χ0v) is 11.3. The summed E-state index contributed by atoms with van der Waals surface area (Å²) in [6, 6.07) is 5.32. The van der Waals surface area contributed by atoms with Gasteiger partial charge in [0.25, 0.3) is 0 Å². The zero-order valence-electron chi connectivity index (χ0n) is 10.5. The standard InChI is InChI=1S/C13H18N2O2S/c1-13(5-6-13)9-15-18(16,17)11-2-3-12-10(8-11)4-7-14-12/h2-3,8,14-15H,4-7,9H2,1H3. The van der Waals surface area contributed by atoms with Crippen LogP contribution in [0.15, 0.2) is 23.1 Å². The first-order valence-corrected chi connectivity index (χ1v) is 7.83. The van der Waals surface area contributed by atoms with Crippen molar-refractivity contribution in [3.8, 4) is 0 Å². The van der Waals surface area contributed by atoms with Gasteiger partial charge in [0.05, 0.1) is 4.90 Å². The lowest BCUT2D eigenvalue weighted by molar-refractivity contribution is 0.530. The summed E-state index contributed by atoms with van der Waals surface area (Å²) in [4.78, 5) is 0.384. The monoisotopic (exact) mass is 266 g/mol. The van der Waals surface area contributed by atoms with Crippen LogP contribution in [0.5, 0.6) is 0 Å². The number of hydrogen-bond donors (Lipinski definition) is 2. The van der Waals surface area contributed by atoms with Gasteiger partial charge < -0.3 is 5.32 Å². The molecular weight excluding hydrogens is 248 g/mol. The lowest BCUT2D eigenvalue weighted by atomic mass is 10.2. The first-order valence-electron chi connectivity index (χ1n) is 6.35. The Labute approximate surface area is 108 Å². The molecular formula is C13H18N2O2S. The zero-order chi connectivity index (χ0) is 12.8. The van der Waals surface area contributed by atoms with E-state index < -0.39 is 10.0 Å². The molecule has 1 aliphatic carbocycles. The minimum absolute atomic E-state index is 0.186. The molecule has 1 aliphatic heterocycles. The van der Waals surface area contributed by atoms with Crippen molar-refractivity contribution in [2.45, 2.75) is 31.1 Å². The van der Waals surface area contributed by atoms with Gasteiger partial charge in [0, 0.05) is 18.8 Å². The smallest absolute Gasteiger partial charge is 0.240 e. The van der Waals surface area contributed by atoms with Crippen LogP contribution in [0, 0.1) is 5.41 Å². The van der Waals surface area contributed by atoms with Crippen LogP contribution in [0.1, 0.15) is 25.3 Å². The van der Waals surface area contributed by atoms with E-state index in [-0.39, 0.29) is 5.41 Å². The van der Waals surface area contributed by atoms with Gasteiger partial charge in [0.1, 0.15) is 0 Å². The van der Waals surface area contributed by atoms with Gasteiger partial charge in [-0.1, -0.05) is 6.92 Å². The van der Waals surface area contributed by atoms with E-state index in [4.69, 9.17) is 0 Å². The Hall–Kier alpha value is -1.07.